The summed E-state index contributed by atoms with van der Waals surface area (Å²) in [4.78, 5) is 38.5. The fraction of sp³-hybridized carbons (Fsp3) is 0.235. The Morgan fingerprint density at radius 1 is 1.30 bits per heavy atom. The van der Waals surface area contributed by atoms with E-state index in [-0.39, 0.29) is 29.3 Å². The number of rotatable bonds is 5. The SMILES string of the molecule is O=C(Cc1ccccc1)N[C@@H]1C(=O)N2C(C(=O)S)=C(c3nncs3)CS[C@H]12. The average molecular weight is 419 g/mol. The highest BCUT2D eigenvalue weighted by Crippen LogP contribution is 2.43. The highest BCUT2D eigenvalue weighted by Gasteiger charge is 2.54. The largest absolute Gasteiger partial charge is 0.341 e. The van der Waals surface area contributed by atoms with Crippen LogP contribution in [0, 0.1) is 0 Å². The van der Waals surface area contributed by atoms with Crippen LogP contribution in [0.25, 0.3) is 5.57 Å². The molecule has 0 radical (unpaired) electrons. The third-order valence-corrected chi connectivity index (χ3v) is 6.56. The van der Waals surface area contributed by atoms with Gasteiger partial charge in [-0.3, -0.25) is 19.3 Å². The normalized spacial score (nSPS) is 21.5. The lowest BCUT2D eigenvalue weighted by molar-refractivity contribution is -0.146. The Kier molecular flexibility index (Phi) is 5.02. The third kappa shape index (κ3) is 3.40. The van der Waals surface area contributed by atoms with Gasteiger partial charge in [0, 0.05) is 11.3 Å². The minimum Gasteiger partial charge on any atom is -0.341 e. The highest BCUT2D eigenvalue weighted by molar-refractivity contribution is 8.00. The molecule has 2 aliphatic rings. The lowest BCUT2D eigenvalue weighted by atomic mass is 10.0. The summed E-state index contributed by atoms with van der Waals surface area (Å²) in [6, 6.07) is 8.67. The average Bonchev–Trinajstić information content (AvgIpc) is 3.20. The Hall–Kier alpha value is -2.17. The van der Waals surface area contributed by atoms with Gasteiger partial charge in [-0.05, 0) is 5.56 Å². The van der Waals surface area contributed by atoms with Crippen LogP contribution in [0.5, 0.6) is 0 Å². The number of β-lactam (4-membered cyclic amide) rings is 1. The highest BCUT2D eigenvalue weighted by atomic mass is 32.2. The minimum atomic E-state index is -0.648. The van der Waals surface area contributed by atoms with E-state index in [2.05, 4.69) is 28.1 Å². The summed E-state index contributed by atoms with van der Waals surface area (Å²) in [5.41, 5.74) is 3.34. The van der Waals surface area contributed by atoms with Crippen LogP contribution >= 0.6 is 35.7 Å². The van der Waals surface area contributed by atoms with E-state index in [1.54, 1.807) is 5.51 Å². The van der Waals surface area contributed by atoms with Crippen LogP contribution in [0.2, 0.25) is 0 Å². The predicted molar refractivity (Wildman–Crippen MR) is 106 cm³/mol. The number of nitrogens with zero attached hydrogens (tertiary/aromatic N) is 3. The molecule has 138 valence electrons. The Morgan fingerprint density at radius 2 is 2.07 bits per heavy atom. The molecule has 1 aromatic heterocycles. The summed E-state index contributed by atoms with van der Waals surface area (Å²) in [5.74, 6) is -0.0402. The molecule has 1 aromatic carbocycles. The van der Waals surface area contributed by atoms with Crippen LogP contribution in [0.15, 0.2) is 41.5 Å². The number of carbonyl (C=O) groups excluding carboxylic acids is 3. The van der Waals surface area contributed by atoms with E-state index in [1.165, 1.54) is 28.0 Å². The van der Waals surface area contributed by atoms with Gasteiger partial charge < -0.3 is 5.32 Å². The van der Waals surface area contributed by atoms with E-state index >= 15 is 0 Å². The first-order chi connectivity index (χ1) is 13.1. The molecule has 7 nitrogen and oxygen atoms in total. The van der Waals surface area contributed by atoms with E-state index in [1.807, 2.05) is 30.3 Å². The van der Waals surface area contributed by atoms with E-state index in [0.29, 0.717) is 16.3 Å². The summed E-state index contributed by atoms with van der Waals surface area (Å²) in [6.07, 6.45) is 0.201. The maximum absolute atomic E-state index is 12.7. The molecule has 0 aliphatic carbocycles. The Balaban J connectivity index is 1.51. The molecule has 3 heterocycles. The molecule has 4 rings (SSSR count). The van der Waals surface area contributed by atoms with Crippen molar-refractivity contribution in [2.24, 2.45) is 0 Å². The second-order valence-corrected chi connectivity index (χ2v) is 8.34. The van der Waals surface area contributed by atoms with Crippen molar-refractivity contribution in [2.45, 2.75) is 17.8 Å². The monoisotopic (exact) mass is 418 g/mol. The van der Waals surface area contributed by atoms with Crippen LogP contribution in [-0.2, 0) is 20.8 Å². The van der Waals surface area contributed by atoms with Crippen molar-refractivity contribution in [1.82, 2.24) is 20.4 Å². The molecule has 2 aromatic rings. The lowest BCUT2D eigenvalue weighted by Crippen LogP contribution is -2.70. The molecular formula is C17H14N4O3S3. The molecule has 0 bridgehead atoms. The standard InChI is InChI=1S/C17H14N4O3S3/c22-11(6-9-4-2-1-3-5-9)19-12-15(23)21-13(17(24)25)10(7-26-16(12)21)14-20-18-8-27-14/h1-5,8,12,16H,6-7H2,(H,19,22)(H,24,25)/t12-,16-/m1/s1. The fourth-order valence-corrected chi connectivity index (χ4v) is 5.37. The van der Waals surface area contributed by atoms with E-state index in [9.17, 15) is 14.4 Å². The third-order valence-electron chi connectivity index (χ3n) is 4.31. The Labute approximate surface area is 168 Å². The zero-order valence-electron chi connectivity index (χ0n) is 13.9. The summed E-state index contributed by atoms with van der Waals surface area (Å²) in [5, 5.41) is 10.4. The summed E-state index contributed by atoms with van der Waals surface area (Å²) < 4.78 is 0. The number of amides is 2. The summed E-state index contributed by atoms with van der Waals surface area (Å²) >= 11 is 6.73. The number of nitrogens with one attached hydrogen (secondary N) is 1. The molecule has 10 heteroatoms. The van der Waals surface area contributed by atoms with Gasteiger partial charge >= 0.3 is 0 Å². The zero-order chi connectivity index (χ0) is 19.0. The molecule has 2 atom stereocenters. The number of thioether (sulfide) groups is 1. The molecule has 1 saturated heterocycles. The maximum atomic E-state index is 12.7. The molecule has 2 aliphatic heterocycles. The predicted octanol–water partition coefficient (Wildman–Crippen LogP) is 1.35. The molecule has 1 N–H and O–H groups in total. The first kappa shape index (κ1) is 18.2. The number of thiol groups is 1. The number of fused-ring (bicyclic) bond motifs is 1. The zero-order valence-corrected chi connectivity index (χ0v) is 16.4. The summed E-state index contributed by atoms with van der Waals surface area (Å²) in [6.45, 7) is 0. The Morgan fingerprint density at radius 3 is 2.74 bits per heavy atom. The fourth-order valence-electron chi connectivity index (χ4n) is 3.09. The topological polar surface area (TPSA) is 92.3 Å². The van der Waals surface area contributed by atoms with Gasteiger partial charge in [0.1, 0.15) is 27.6 Å². The number of aromatic nitrogens is 2. The van der Waals surface area contributed by atoms with Crippen LogP contribution in [0.1, 0.15) is 10.6 Å². The van der Waals surface area contributed by atoms with Gasteiger partial charge in [0.05, 0.1) is 6.42 Å². The minimum absolute atomic E-state index is 0.201. The first-order valence-electron chi connectivity index (χ1n) is 8.07. The molecule has 1 fully saturated rings. The molecule has 0 saturated carbocycles. The number of hydrogen-bond acceptors (Lipinski definition) is 7. The Bertz CT molecular complexity index is 930. The van der Waals surface area contributed by atoms with Gasteiger partial charge in [-0.15, -0.1) is 33.3 Å². The van der Waals surface area contributed by atoms with Crippen molar-refractivity contribution in [2.75, 3.05) is 5.75 Å². The van der Waals surface area contributed by atoms with Crippen molar-refractivity contribution in [3.05, 3.63) is 52.1 Å². The van der Waals surface area contributed by atoms with Crippen LogP contribution in [0.4, 0.5) is 0 Å². The molecule has 0 unspecified atom stereocenters. The molecule has 2 amide bonds. The summed E-state index contributed by atoms with van der Waals surface area (Å²) in [7, 11) is 0. The number of carbonyl (C=O) groups is 3. The van der Waals surface area contributed by atoms with Crippen LogP contribution in [-0.4, -0.2) is 49.2 Å². The van der Waals surface area contributed by atoms with E-state index in [0.717, 1.165) is 5.56 Å². The van der Waals surface area contributed by atoms with Gasteiger partial charge in [0.25, 0.3) is 5.91 Å². The maximum Gasteiger partial charge on any atom is 0.253 e. The molecular weight excluding hydrogens is 404 g/mol. The molecule has 0 spiro atoms. The van der Waals surface area contributed by atoms with Crippen molar-refractivity contribution >= 4 is 58.2 Å². The van der Waals surface area contributed by atoms with E-state index in [4.69, 9.17) is 0 Å². The van der Waals surface area contributed by atoms with Gasteiger partial charge in [0.15, 0.2) is 0 Å². The lowest BCUT2D eigenvalue weighted by Gasteiger charge is -2.49. The smallest absolute Gasteiger partial charge is 0.253 e. The number of benzene rings is 1. The molecule has 27 heavy (non-hydrogen) atoms. The van der Waals surface area contributed by atoms with Crippen LogP contribution in [0.3, 0.4) is 0 Å². The van der Waals surface area contributed by atoms with Crippen molar-refractivity contribution in [3.8, 4) is 0 Å². The van der Waals surface area contributed by atoms with Gasteiger partial charge in [-0.2, -0.15) is 0 Å². The van der Waals surface area contributed by atoms with Crippen LogP contribution < -0.4 is 5.32 Å². The number of hydrogen-bond donors (Lipinski definition) is 2. The van der Waals surface area contributed by atoms with Crippen molar-refractivity contribution in [3.63, 3.8) is 0 Å². The van der Waals surface area contributed by atoms with Gasteiger partial charge in [0.2, 0.25) is 11.0 Å². The first-order valence-corrected chi connectivity index (χ1v) is 10.4. The van der Waals surface area contributed by atoms with Crippen molar-refractivity contribution < 1.29 is 14.4 Å². The van der Waals surface area contributed by atoms with Crippen molar-refractivity contribution in [1.29, 1.82) is 0 Å². The van der Waals surface area contributed by atoms with E-state index < -0.39 is 11.2 Å². The second-order valence-electron chi connectivity index (χ2n) is 5.99. The second kappa shape index (κ2) is 7.45. The van der Waals surface area contributed by atoms with Gasteiger partial charge in [-0.25, -0.2) is 0 Å². The van der Waals surface area contributed by atoms with Gasteiger partial charge in [-0.1, -0.05) is 43.0 Å². The quantitative estimate of drug-likeness (QED) is 0.563.